The molecule has 0 amide bonds. The summed E-state index contributed by atoms with van der Waals surface area (Å²) < 4.78 is 44.1. The predicted octanol–water partition coefficient (Wildman–Crippen LogP) is 3.05. The molecule has 0 N–H and O–H groups in total. The summed E-state index contributed by atoms with van der Waals surface area (Å²) in [5.41, 5.74) is 0.764. The first kappa shape index (κ1) is 18.0. The lowest BCUT2D eigenvalue weighted by Gasteiger charge is -2.22. The van der Waals surface area contributed by atoms with Gasteiger partial charge < -0.3 is 14.2 Å². The van der Waals surface area contributed by atoms with Crippen molar-refractivity contribution >= 4 is 26.0 Å². The highest BCUT2D eigenvalue weighted by Crippen LogP contribution is 2.33. The van der Waals surface area contributed by atoms with Crippen LogP contribution in [0.1, 0.15) is 5.56 Å². The molecule has 25 heavy (non-hydrogen) atoms. The normalized spacial score (nSPS) is 13.8. The van der Waals surface area contributed by atoms with E-state index in [4.69, 9.17) is 14.2 Å². The summed E-state index contributed by atoms with van der Waals surface area (Å²) in [4.78, 5) is 0.160. The van der Waals surface area contributed by atoms with Gasteiger partial charge in [0, 0.05) is 29.7 Å². The molecule has 0 saturated carbocycles. The van der Waals surface area contributed by atoms with Crippen LogP contribution >= 0.6 is 15.9 Å². The molecule has 1 aliphatic heterocycles. The first-order valence-electron chi connectivity index (χ1n) is 7.60. The fourth-order valence-electron chi connectivity index (χ4n) is 2.56. The van der Waals surface area contributed by atoms with Crippen molar-refractivity contribution in [2.45, 2.75) is 11.4 Å². The molecule has 2 aromatic rings. The van der Waals surface area contributed by atoms with Gasteiger partial charge in [0.15, 0.2) is 11.5 Å². The van der Waals surface area contributed by atoms with Crippen molar-refractivity contribution in [1.82, 2.24) is 4.31 Å². The number of fused-ring (bicyclic) bond motifs is 1. The molecule has 0 fully saturated rings. The van der Waals surface area contributed by atoms with Gasteiger partial charge in [0.25, 0.3) is 0 Å². The van der Waals surface area contributed by atoms with Crippen molar-refractivity contribution in [2.24, 2.45) is 0 Å². The molecule has 134 valence electrons. The predicted molar refractivity (Wildman–Crippen MR) is 96.8 cm³/mol. The Morgan fingerprint density at radius 1 is 1.12 bits per heavy atom. The van der Waals surface area contributed by atoms with E-state index in [1.54, 1.807) is 19.2 Å². The van der Waals surface area contributed by atoms with E-state index in [2.05, 4.69) is 15.9 Å². The van der Waals surface area contributed by atoms with Gasteiger partial charge in [0.1, 0.15) is 19.0 Å². The van der Waals surface area contributed by atoms with Crippen molar-refractivity contribution in [3.63, 3.8) is 0 Å². The number of hydrogen-bond acceptors (Lipinski definition) is 5. The molecule has 2 aromatic carbocycles. The monoisotopic (exact) mass is 427 g/mol. The Kier molecular flexibility index (Phi) is 5.21. The molecular weight excluding hydrogens is 410 g/mol. The molecule has 0 unspecified atom stereocenters. The third-order valence-electron chi connectivity index (χ3n) is 3.86. The molecule has 0 spiro atoms. The minimum Gasteiger partial charge on any atom is -0.496 e. The molecule has 8 heteroatoms. The van der Waals surface area contributed by atoms with E-state index in [0.29, 0.717) is 30.5 Å². The van der Waals surface area contributed by atoms with E-state index in [0.717, 1.165) is 10.0 Å². The van der Waals surface area contributed by atoms with E-state index >= 15 is 0 Å². The van der Waals surface area contributed by atoms with Crippen LogP contribution in [0.25, 0.3) is 0 Å². The Labute approximate surface area is 155 Å². The summed E-state index contributed by atoms with van der Waals surface area (Å²) in [7, 11) is -0.590. The average molecular weight is 428 g/mol. The Balaban J connectivity index is 1.88. The Morgan fingerprint density at radius 3 is 2.56 bits per heavy atom. The number of ether oxygens (including phenoxy) is 3. The van der Waals surface area contributed by atoms with Crippen LogP contribution in [-0.2, 0) is 16.6 Å². The van der Waals surface area contributed by atoms with Crippen molar-refractivity contribution in [2.75, 3.05) is 27.4 Å². The molecule has 0 atom stereocenters. The van der Waals surface area contributed by atoms with Gasteiger partial charge in [-0.3, -0.25) is 0 Å². The van der Waals surface area contributed by atoms with Crippen LogP contribution in [0.2, 0.25) is 0 Å². The summed E-state index contributed by atoms with van der Waals surface area (Å²) in [5.74, 6) is 1.63. The SMILES string of the molecule is COc1ccc(Br)cc1CN(C)S(=O)(=O)c1ccc2c(c1)OCCO2. The smallest absolute Gasteiger partial charge is 0.243 e. The Morgan fingerprint density at radius 2 is 1.84 bits per heavy atom. The van der Waals surface area contributed by atoms with Gasteiger partial charge in [0.05, 0.1) is 12.0 Å². The summed E-state index contributed by atoms with van der Waals surface area (Å²) in [6.45, 7) is 1.04. The topological polar surface area (TPSA) is 65.1 Å². The largest absolute Gasteiger partial charge is 0.496 e. The second-order valence-electron chi connectivity index (χ2n) is 5.52. The first-order valence-corrected chi connectivity index (χ1v) is 9.83. The van der Waals surface area contributed by atoms with Gasteiger partial charge in [-0.2, -0.15) is 4.31 Å². The molecule has 3 rings (SSSR count). The van der Waals surface area contributed by atoms with Gasteiger partial charge in [-0.05, 0) is 30.3 Å². The molecular formula is C17H18BrNO5S. The highest BCUT2D eigenvalue weighted by atomic mass is 79.9. The minimum atomic E-state index is -3.68. The molecule has 0 bridgehead atoms. The van der Waals surface area contributed by atoms with E-state index in [-0.39, 0.29) is 11.4 Å². The molecule has 0 radical (unpaired) electrons. The standard InChI is InChI=1S/C17H18BrNO5S/c1-19(11-12-9-13(18)3-5-15(12)22-2)25(20,21)14-4-6-16-17(10-14)24-8-7-23-16/h3-6,9-10H,7-8,11H2,1-2H3. The number of nitrogens with zero attached hydrogens (tertiary/aromatic N) is 1. The quantitative estimate of drug-likeness (QED) is 0.733. The molecule has 1 heterocycles. The lowest BCUT2D eigenvalue weighted by Crippen LogP contribution is -2.27. The summed E-state index contributed by atoms with van der Waals surface area (Å²) in [5, 5.41) is 0. The number of sulfonamides is 1. The van der Waals surface area contributed by atoms with Crippen LogP contribution in [0.15, 0.2) is 45.8 Å². The highest BCUT2D eigenvalue weighted by Gasteiger charge is 2.24. The second kappa shape index (κ2) is 7.23. The fraction of sp³-hybridized carbons (Fsp3) is 0.294. The molecule has 0 aromatic heterocycles. The number of hydrogen-bond donors (Lipinski definition) is 0. The van der Waals surface area contributed by atoms with Gasteiger partial charge in [-0.1, -0.05) is 15.9 Å². The van der Waals surface area contributed by atoms with Gasteiger partial charge in [-0.15, -0.1) is 0 Å². The van der Waals surface area contributed by atoms with Crippen LogP contribution in [0.3, 0.4) is 0 Å². The van der Waals surface area contributed by atoms with Crippen LogP contribution < -0.4 is 14.2 Å². The van der Waals surface area contributed by atoms with Crippen LogP contribution in [0.4, 0.5) is 0 Å². The average Bonchev–Trinajstić information content (AvgIpc) is 2.61. The maximum Gasteiger partial charge on any atom is 0.243 e. The number of rotatable bonds is 5. The van der Waals surface area contributed by atoms with Crippen molar-refractivity contribution < 1.29 is 22.6 Å². The van der Waals surface area contributed by atoms with Crippen LogP contribution in [0, 0.1) is 0 Å². The molecule has 1 aliphatic rings. The maximum atomic E-state index is 12.9. The molecule has 0 aliphatic carbocycles. The number of methoxy groups -OCH3 is 1. The number of halogens is 1. The van der Waals surface area contributed by atoms with Gasteiger partial charge >= 0.3 is 0 Å². The maximum absolute atomic E-state index is 12.9. The zero-order valence-electron chi connectivity index (χ0n) is 13.9. The zero-order chi connectivity index (χ0) is 18.0. The third-order valence-corrected chi connectivity index (χ3v) is 6.15. The Bertz CT molecular complexity index is 885. The first-order chi connectivity index (χ1) is 11.9. The van der Waals surface area contributed by atoms with E-state index in [1.807, 2.05) is 12.1 Å². The number of benzene rings is 2. The van der Waals surface area contributed by atoms with Crippen molar-refractivity contribution in [1.29, 1.82) is 0 Å². The van der Waals surface area contributed by atoms with Gasteiger partial charge in [-0.25, -0.2) is 8.42 Å². The molecule has 0 saturated heterocycles. The highest BCUT2D eigenvalue weighted by molar-refractivity contribution is 9.10. The Hall–Kier alpha value is -1.77. The van der Waals surface area contributed by atoms with E-state index in [9.17, 15) is 8.42 Å². The van der Waals surface area contributed by atoms with Crippen LogP contribution in [0.5, 0.6) is 17.2 Å². The minimum absolute atomic E-state index is 0.160. The third kappa shape index (κ3) is 3.75. The lowest BCUT2D eigenvalue weighted by atomic mass is 10.2. The lowest BCUT2D eigenvalue weighted by molar-refractivity contribution is 0.171. The van der Waals surface area contributed by atoms with Crippen molar-refractivity contribution in [3.8, 4) is 17.2 Å². The summed E-state index contributed by atoms with van der Waals surface area (Å²) in [6, 6.07) is 10.1. The van der Waals surface area contributed by atoms with E-state index in [1.165, 1.54) is 23.5 Å². The zero-order valence-corrected chi connectivity index (χ0v) is 16.3. The summed E-state index contributed by atoms with van der Waals surface area (Å²) in [6.07, 6.45) is 0. The van der Waals surface area contributed by atoms with Crippen molar-refractivity contribution in [3.05, 3.63) is 46.4 Å². The fourth-order valence-corrected chi connectivity index (χ4v) is 4.13. The van der Waals surface area contributed by atoms with Gasteiger partial charge in [0.2, 0.25) is 10.0 Å². The second-order valence-corrected chi connectivity index (χ2v) is 8.48. The van der Waals surface area contributed by atoms with E-state index < -0.39 is 10.0 Å². The van der Waals surface area contributed by atoms with Crippen LogP contribution in [-0.4, -0.2) is 40.1 Å². The summed E-state index contributed by atoms with van der Waals surface area (Å²) >= 11 is 3.40. The molecule has 6 nitrogen and oxygen atoms in total.